The number of carboxylic acids is 1. The Balaban J connectivity index is 1.32. The van der Waals surface area contributed by atoms with Crippen LogP contribution < -0.4 is 10.1 Å². The van der Waals surface area contributed by atoms with Gasteiger partial charge in [-0.05, 0) is 66.3 Å². The molecule has 0 unspecified atom stereocenters. The van der Waals surface area contributed by atoms with Crippen molar-refractivity contribution < 1.29 is 29.0 Å². The van der Waals surface area contributed by atoms with Crippen LogP contribution in [0.3, 0.4) is 0 Å². The number of aliphatic carboxylic acids is 1. The van der Waals surface area contributed by atoms with Crippen molar-refractivity contribution in [1.29, 1.82) is 0 Å². The molecule has 0 radical (unpaired) electrons. The highest BCUT2D eigenvalue weighted by molar-refractivity contribution is 5.90. The summed E-state index contributed by atoms with van der Waals surface area (Å²) in [5.41, 5.74) is 4.80. The van der Waals surface area contributed by atoms with E-state index in [4.69, 9.17) is 9.47 Å². The van der Waals surface area contributed by atoms with Crippen LogP contribution in [0.5, 0.6) is 5.75 Å². The number of carboxylic acid groups (broad SMARTS) is 1. The van der Waals surface area contributed by atoms with Crippen molar-refractivity contribution in [1.82, 2.24) is 10.2 Å². The second-order valence-electron chi connectivity index (χ2n) is 12.2. The van der Waals surface area contributed by atoms with Crippen molar-refractivity contribution >= 4 is 18.0 Å². The Labute approximate surface area is 263 Å². The molecule has 0 saturated heterocycles. The summed E-state index contributed by atoms with van der Waals surface area (Å²) in [5, 5.41) is 12.7. The Hall–Kier alpha value is -5.11. The number of rotatable bonds is 9. The van der Waals surface area contributed by atoms with Crippen LogP contribution in [0.4, 0.5) is 4.79 Å². The Morgan fingerprint density at radius 2 is 1.49 bits per heavy atom. The average Bonchev–Trinajstić information content (AvgIpc) is 3.03. The molecule has 0 fully saturated rings. The van der Waals surface area contributed by atoms with Crippen molar-refractivity contribution in [2.45, 2.75) is 64.4 Å². The van der Waals surface area contributed by atoms with Crippen LogP contribution in [0.2, 0.25) is 0 Å². The molecule has 0 saturated carbocycles. The summed E-state index contributed by atoms with van der Waals surface area (Å²) >= 11 is 0. The maximum Gasteiger partial charge on any atom is 0.411 e. The molecule has 8 nitrogen and oxygen atoms in total. The summed E-state index contributed by atoms with van der Waals surface area (Å²) in [5.74, 6) is -1.06. The van der Waals surface area contributed by atoms with E-state index < -0.39 is 35.7 Å². The van der Waals surface area contributed by atoms with E-state index in [1.807, 2.05) is 103 Å². The Kier molecular flexibility index (Phi) is 9.52. The van der Waals surface area contributed by atoms with Crippen LogP contribution >= 0.6 is 0 Å². The molecule has 4 aromatic rings. The first-order chi connectivity index (χ1) is 21.6. The topological polar surface area (TPSA) is 105 Å². The summed E-state index contributed by atoms with van der Waals surface area (Å²) in [4.78, 5) is 40.7. The molecule has 232 valence electrons. The molecule has 4 aromatic carbocycles. The van der Waals surface area contributed by atoms with Gasteiger partial charge in [0.05, 0.1) is 6.54 Å². The lowest BCUT2D eigenvalue weighted by Gasteiger charge is -2.37. The standard InChI is InChI=1S/C37H38N2O6/c1-37(2,3)45-36(43)39-23-30-21-31(44-24-26-10-6-4-7-11-26)19-18-29(30)22-33(39)34(40)38-32(35(41)42)20-25-14-16-28(17-15-25)27-12-8-5-9-13-27/h4-19,21,32-33H,20,22-24H2,1-3H3,(H,38,40)(H,41,42)/t32-,33-/m0/s1. The fraction of sp³-hybridized carbons (Fsp3) is 0.270. The lowest BCUT2D eigenvalue weighted by molar-refractivity contribution is -0.142. The SMILES string of the molecule is CC(C)(C)OC(=O)N1Cc2cc(OCc3ccccc3)ccc2C[C@H]1C(=O)N[C@@H](Cc1ccc(-c2ccccc2)cc1)C(=O)O. The van der Waals surface area contributed by atoms with E-state index in [2.05, 4.69) is 5.32 Å². The quantitative estimate of drug-likeness (QED) is 0.228. The highest BCUT2D eigenvalue weighted by Gasteiger charge is 2.38. The van der Waals surface area contributed by atoms with Gasteiger partial charge in [-0.1, -0.05) is 91.0 Å². The molecule has 0 aliphatic carbocycles. The first-order valence-electron chi connectivity index (χ1n) is 15.0. The zero-order valence-electron chi connectivity index (χ0n) is 25.7. The zero-order chi connectivity index (χ0) is 32.0. The monoisotopic (exact) mass is 606 g/mol. The smallest absolute Gasteiger partial charge is 0.411 e. The molecule has 0 spiro atoms. The van der Waals surface area contributed by atoms with Gasteiger partial charge in [0.2, 0.25) is 5.91 Å². The Bertz CT molecular complexity index is 1630. The third kappa shape index (κ3) is 8.29. The fourth-order valence-electron chi connectivity index (χ4n) is 5.31. The van der Waals surface area contributed by atoms with Gasteiger partial charge in [0.25, 0.3) is 0 Å². The number of amides is 2. The molecule has 0 aromatic heterocycles. The van der Waals surface area contributed by atoms with Crippen molar-refractivity contribution in [3.05, 3.63) is 125 Å². The van der Waals surface area contributed by atoms with Crippen LogP contribution in [-0.4, -0.2) is 45.7 Å². The van der Waals surface area contributed by atoms with Gasteiger partial charge in [0.1, 0.15) is 30.0 Å². The van der Waals surface area contributed by atoms with Crippen molar-refractivity contribution in [3.8, 4) is 16.9 Å². The second-order valence-corrected chi connectivity index (χ2v) is 12.2. The number of carbonyl (C=O) groups is 3. The first kappa shape index (κ1) is 31.3. The molecule has 2 atom stereocenters. The molecular weight excluding hydrogens is 568 g/mol. The van der Waals surface area contributed by atoms with Gasteiger partial charge in [0, 0.05) is 12.8 Å². The molecule has 8 heteroatoms. The van der Waals surface area contributed by atoms with E-state index in [-0.39, 0.29) is 19.4 Å². The number of ether oxygens (including phenoxy) is 2. The van der Waals surface area contributed by atoms with Crippen molar-refractivity contribution in [2.24, 2.45) is 0 Å². The van der Waals surface area contributed by atoms with Crippen LogP contribution in [0.25, 0.3) is 11.1 Å². The van der Waals surface area contributed by atoms with Gasteiger partial charge in [-0.25, -0.2) is 9.59 Å². The predicted octanol–water partition coefficient (Wildman–Crippen LogP) is 6.41. The van der Waals surface area contributed by atoms with Gasteiger partial charge in [0.15, 0.2) is 0 Å². The molecule has 0 bridgehead atoms. The minimum atomic E-state index is -1.18. The number of benzene rings is 4. The van der Waals surface area contributed by atoms with E-state index >= 15 is 0 Å². The molecule has 2 N–H and O–H groups in total. The molecule has 2 amide bonds. The molecule has 1 aliphatic rings. The normalized spacial score (nSPS) is 15.0. The number of nitrogens with zero attached hydrogens (tertiary/aromatic N) is 1. The van der Waals surface area contributed by atoms with Crippen LogP contribution in [-0.2, 0) is 40.3 Å². The van der Waals surface area contributed by atoms with Crippen LogP contribution in [0.15, 0.2) is 103 Å². The highest BCUT2D eigenvalue weighted by Crippen LogP contribution is 2.29. The van der Waals surface area contributed by atoms with Crippen LogP contribution in [0, 0.1) is 0 Å². The second kappa shape index (κ2) is 13.7. The summed E-state index contributed by atoms with van der Waals surface area (Å²) in [6, 6.07) is 30.8. The summed E-state index contributed by atoms with van der Waals surface area (Å²) in [6.45, 7) is 5.79. The minimum Gasteiger partial charge on any atom is -0.489 e. The molecular formula is C37H38N2O6. The number of hydrogen-bond acceptors (Lipinski definition) is 5. The van der Waals surface area contributed by atoms with Gasteiger partial charge >= 0.3 is 12.1 Å². The summed E-state index contributed by atoms with van der Waals surface area (Å²) < 4.78 is 11.7. The fourth-order valence-corrected chi connectivity index (χ4v) is 5.31. The number of carbonyl (C=O) groups excluding carboxylic acids is 2. The van der Waals surface area contributed by atoms with Gasteiger partial charge < -0.3 is 19.9 Å². The van der Waals surface area contributed by atoms with Crippen molar-refractivity contribution in [2.75, 3.05) is 0 Å². The third-order valence-electron chi connectivity index (χ3n) is 7.60. The van der Waals surface area contributed by atoms with Gasteiger partial charge in [-0.15, -0.1) is 0 Å². The lowest BCUT2D eigenvalue weighted by atomic mass is 9.93. The maximum atomic E-state index is 13.7. The van der Waals surface area contributed by atoms with E-state index in [1.165, 1.54) is 4.90 Å². The predicted molar refractivity (Wildman–Crippen MR) is 172 cm³/mol. The zero-order valence-corrected chi connectivity index (χ0v) is 25.7. The lowest BCUT2D eigenvalue weighted by Crippen LogP contribution is -2.56. The highest BCUT2D eigenvalue weighted by atomic mass is 16.6. The summed E-state index contributed by atoms with van der Waals surface area (Å²) in [7, 11) is 0. The van der Waals surface area contributed by atoms with E-state index in [0.717, 1.165) is 33.4 Å². The average molecular weight is 607 g/mol. The van der Waals surface area contributed by atoms with Crippen molar-refractivity contribution in [3.63, 3.8) is 0 Å². The third-order valence-corrected chi connectivity index (χ3v) is 7.60. The first-order valence-corrected chi connectivity index (χ1v) is 15.0. The number of fused-ring (bicyclic) bond motifs is 1. The number of hydrogen-bond donors (Lipinski definition) is 2. The molecule has 1 aliphatic heterocycles. The molecule has 45 heavy (non-hydrogen) atoms. The van der Waals surface area contributed by atoms with E-state index in [1.54, 1.807) is 20.8 Å². The summed E-state index contributed by atoms with van der Waals surface area (Å²) in [6.07, 6.45) is -0.349. The molecule has 5 rings (SSSR count). The minimum absolute atomic E-state index is 0.0913. The van der Waals surface area contributed by atoms with E-state index in [0.29, 0.717) is 12.4 Å². The molecule has 1 heterocycles. The van der Waals surface area contributed by atoms with Crippen LogP contribution in [0.1, 0.15) is 43.0 Å². The largest absolute Gasteiger partial charge is 0.489 e. The Morgan fingerprint density at radius 1 is 0.844 bits per heavy atom. The Morgan fingerprint density at radius 3 is 2.13 bits per heavy atom. The maximum absolute atomic E-state index is 13.7. The van der Waals surface area contributed by atoms with E-state index in [9.17, 15) is 19.5 Å². The van der Waals surface area contributed by atoms with Gasteiger partial charge in [-0.2, -0.15) is 0 Å². The number of nitrogens with one attached hydrogen (secondary N) is 1. The van der Waals surface area contributed by atoms with Gasteiger partial charge in [-0.3, -0.25) is 9.69 Å².